The maximum atomic E-state index is 6.29. The number of hydrogen-bond donors (Lipinski definition) is 0. The van der Waals surface area contributed by atoms with E-state index < -0.39 is 8.07 Å². The van der Waals surface area contributed by atoms with Crippen molar-refractivity contribution in [1.29, 1.82) is 0 Å². The number of hydrogen-bond acceptors (Lipinski definition) is 2. The summed E-state index contributed by atoms with van der Waals surface area (Å²) in [5.41, 5.74) is 13.2. The first-order valence-corrected chi connectivity index (χ1v) is 26.0. The van der Waals surface area contributed by atoms with Gasteiger partial charge in [0, 0.05) is 17.0 Å². The first kappa shape index (κ1) is 41.3. The van der Waals surface area contributed by atoms with Gasteiger partial charge in [-0.2, -0.15) is 0 Å². The van der Waals surface area contributed by atoms with Gasteiger partial charge in [0.15, 0.2) is 8.07 Å². The largest absolute Gasteiger partial charge is 0.438 e. The number of rotatable bonds is 9. The first-order valence-electron chi connectivity index (χ1n) is 24.0. The second-order valence-corrected chi connectivity index (χ2v) is 22.0. The highest BCUT2D eigenvalue weighted by atomic mass is 28.3. The quantitative estimate of drug-likeness (QED) is 0.0819. The molecule has 13 rings (SSSR count). The molecule has 2 aromatic heterocycles. The van der Waals surface area contributed by atoms with Crippen molar-refractivity contribution in [2.45, 2.75) is 0 Å². The van der Waals surface area contributed by atoms with Crippen LogP contribution in [-0.2, 0) is 0 Å². The molecule has 0 fully saturated rings. The predicted molar refractivity (Wildman–Crippen MR) is 297 cm³/mol. The van der Waals surface area contributed by atoms with E-state index in [0.717, 1.165) is 33.0 Å². The molecule has 11 aromatic carbocycles. The zero-order valence-electron chi connectivity index (χ0n) is 38.3. The summed E-state index contributed by atoms with van der Waals surface area (Å²) in [6.07, 6.45) is 1.79. The van der Waals surface area contributed by atoms with Gasteiger partial charge in [-0.3, -0.25) is 0 Å². The van der Waals surface area contributed by atoms with E-state index in [2.05, 4.69) is 260 Å². The zero-order valence-corrected chi connectivity index (χ0v) is 39.3. The fraction of sp³-hybridized carbons (Fsp3) is 0. The third-order valence-corrected chi connectivity index (χ3v) is 19.1. The Hall–Kier alpha value is -8.89. The Bertz CT molecular complexity index is 3920. The van der Waals surface area contributed by atoms with Crippen LogP contribution < -0.4 is 20.7 Å². The second-order valence-electron chi connectivity index (χ2n) is 18.1. The fourth-order valence-corrected chi connectivity index (χ4v) is 15.9. The lowest BCUT2D eigenvalue weighted by Gasteiger charge is -2.34. The molecule has 0 aliphatic rings. The second kappa shape index (κ2) is 17.3. The minimum absolute atomic E-state index is 0.651. The number of nitrogens with zero attached hydrogens (tertiary/aromatic N) is 1. The average Bonchev–Trinajstić information content (AvgIpc) is 3.83. The standard InChI is InChI=1S/C67H45NOSi/c1-6-19-46(20-7-1)49-37-41-59-61(44-49)64(48-34-38-56(39-35-48)70(53-25-10-3-11-26-53,54-27-12-4-13-28-54)55-29-14-5-15-30-55)58-40-36-50(47-21-8-2-9-22-47)45-62(58)65(59)52-24-16-23-51(43-52)57-31-17-33-63-66(57)60-32-18-42-68-67(60)69-63/h1-45H. The van der Waals surface area contributed by atoms with Gasteiger partial charge in [0.25, 0.3) is 0 Å². The molecule has 0 saturated heterocycles. The Labute approximate surface area is 408 Å². The Morgan fingerprint density at radius 3 is 1.30 bits per heavy atom. The monoisotopic (exact) mass is 907 g/mol. The highest BCUT2D eigenvalue weighted by Gasteiger charge is 2.41. The van der Waals surface area contributed by atoms with Crippen LogP contribution >= 0.6 is 0 Å². The van der Waals surface area contributed by atoms with Crippen LogP contribution in [0.15, 0.2) is 278 Å². The van der Waals surface area contributed by atoms with Gasteiger partial charge in [-0.1, -0.05) is 231 Å². The summed E-state index contributed by atoms with van der Waals surface area (Å²) in [4.78, 5) is 4.58. The van der Waals surface area contributed by atoms with E-state index >= 15 is 0 Å². The molecule has 0 N–H and O–H groups in total. The van der Waals surface area contributed by atoms with Crippen molar-refractivity contribution in [3.8, 4) is 55.6 Å². The average molecular weight is 908 g/mol. The van der Waals surface area contributed by atoms with Crippen molar-refractivity contribution >= 4 is 72.4 Å². The number of pyridine rings is 1. The smallest absolute Gasteiger partial charge is 0.227 e. The van der Waals surface area contributed by atoms with Crippen molar-refractivity contribution < 1.29 is 4.42 Å². The summed E-state index contributed by atoms with van der Waals surface area (Å²) in [5.74, 6) is 0. The molecule has 0 amide bonds. The van der Waals surface area contributed by atoms with Crippen LogP contribution in [0.4, 0.5) is 0 Å². The van der Waals surface area contributed by atoms with Crippen molar-refractivity contribution in [2.75, 3.05) is 0 Å². The molecule has 0 aliphatic carbocycles. The molecule has 0 aliphatic heterocycles. The Balaban J connectivity index is 1.09. The van der Waals surface area contributed by atoms with Crippen LogP contribution in [0.25, 0.3) is 99.2 Å². The third-order valence-electron chi connectivity index (χ3n) is 14.3. The minimum atomic E-state index is -2.75. The van der Waals surface area contributed by atoms with Gasteiger partial charge in [0.05, 0.1) is 0 Å². The first-order chi connectivity index (χ1) is 34.7. The van der Waals surface area contributed by atoms with Crippen molar-refractivity contribution in [2.24, 2.45) is 0 Å². The van der Waals surface area contributed by atoms with E-state index in [4.69, 9.17) is 4.42 Å². The molecule has 13 aromatic rings. The van der Waals surface area contributed by atoms with Gasteiger partial charge in [0.2, 0.25) is 5.71 Å². The summed E-state index contributed by atoms with van der Waals surface area (Å²) in [6.45, 7) is 0. The SMILES string of the molecule is c1ccc(-c2ccc3c(-c4cccc(-c5cccc6oc7ncccc7c56)c4)c4cc(-c5ccccc5)ccc4c(-c4ccc([Si](c5ccccc5)(c5ccccc5)c5ccccc5)cc4)c3c2)cc1. The lowest BCUT2D eigenvalue weighted by molar-refractivity contribution is 0.654. The highest BCUT2D eigenvalue weighted by molar-refractivity contribution is 7.19. The van der Waals surface area contributed by atoms with Gasteiger partial charge in [-0.25, -0.2) is 4.98 Å². The van der Waals surface area contributed by atoms with Gasteiger partial charge in [-0.15, -0.1) is 0 Å². The van der Waals surface area contributed by atoms with Gasteiger partial charge in [0.1, 0.15) is 5.58 Å². The summed E-state index contributed by atoms with van der Waals surface area (Å²) in [5, 5.41) is 12.3. The van der Waals surface area contributed by atoms with Crippen LogP contribution in [0, 0.1) is 0 Å². The molecular weight excluding hydrogens is 863 g/mol. The number of fused-ring (bicyclic) bond motifs is 5. The molecule has 0 bridgehead atoms. The molecule has 0 saturated carbocycles. The van der Waals surface area contributed by atoms with Crippen LogP contribution in [0.2, 0.25) is 0 Å². The van der Waals surface area contributed by atoms with E-state index in [-0.39, 0.29) is 0 Å². The van der Waals surface area contributed by atoms with Crippen molar-refractivity contribution in [3.05, 3.63) is 273 Å². The summed E-state index contributed by atoms with van der Waals surface area (Å²) in [6, 6.07) is 98.4. The fourth-order valence-electron chi connectivity index (χ4n) is 11.2. The molecule has 0 unspecified atom stereocenters. The molecule has 2 nitrogen and oxygen atoms in total. The number of aromatic nitrogens is 1. The zero-order chi connectivity index (χ0) is 46.4. The summed E-state index contributed by atoms with van der Waals surface area (Å²) >= 11 is 0. The maximum absolute atomic E-state index is 6.29. The molecule has 328 valence electrons. The van der Waals surface area contributed by atoms with Crippen LogP contribution in [0.5, 0.6) is 0 Å². The third kappa shape index (κ3) is 6.90. The maximum Gasteiger partial charge on any atom is 0.227 e. The molecule has 3 heteroatoms. The Morgan fingerprint density at radius 1 is 0.286 bits per heavy atom. The number of furan rings is 1. The Kier molecular flexibility index (Phi) is 10.2. The summed E-state index contributed by atoms with van der Waals surface area (Å²) in [7, 11) is -2.75. The lowest BCUT2D eigenvalue weighted by atomic mass is 9.83. The molecule has 2 heterocycles. The molecule has 70 heavy (non-hydrogen) atoms. The Morgan fingerprint density at radius 2 is 0.743 bits per heavy atom. The minimum Gasteiger partial charge on any atom is -0.438 e. The van der Waals surface area contributed by atoms with Crippen molar-refractivity contribution in [3.63, 3.8) is 0 Å². The molecular formula is C67H45NOSi. The van der Waals surface area contributed by atoms with E-state index in [1.807, 2.05) is 12.1 Å². The van der Waals surface area contributed by atoms with E-state index in [9.17, 15) is 0 Å². The molecule has 0 radical (unpaired) electrons. The van der Waals surface area contributed by atoms with Gasteiger partial charge >= 0.3 is 0 Å². The number of benzene rings is 11. The van der Waals surface area contributed by atoms with Crippen LogP contribution in [-0.4, -0.2) is 13.1 Å². The predicted octanol–water partition coefficient (Wildman–Crippen LogP) is 15.0. The summed E-state index contributed by atoms with van der Waals surface area (Å²) < 4.78 is 6.29. The van der Waals surface area contributed by atoms with Crippen molar-refractivity contribution in [1.82, 2.24) is 4.98 Å². The van der Waals surface area contributed by atoms with Crippen LogP contribution in [0.3, 0.4) is 0 Å². The van der Waals surface area contributed by atoms with E-state index in [1.54, 1.807) is 6.20 Å². The molecule has 0 spiro atoms. The highest BCUT2D eigenvalue weighted by Crippen LogP contribution is 2.47. The normalized spacial score (nSPS) is 11.7. The molecule has 0 atom stereocenters. The van der Waals surface area contributed by atoms with E-state index in [1.165, 1.54) is 81.2 Å². The topological polar surface area (TPSA) is 26.0 Å². The van der Waals surface area contributed by atoms with Gasteiger partial charge < -0.3 is 4.42 Å². The van der Waals surface area contributed by atoms with Crippen LogP contribution in [0.1, 0.15) is 0 Å². The van der Waals surface area contributed by atoms with E-state index in [0.29, 0.717) is 5.71 Å². The van der Waals surface area contributed by atoms with Gasteiger partial charge in [-0.05, 0) is 134 Å². The lowest BCUT2D eigenvalue weighted by Crippen LogP contribution is -2.74.